The third-order valence-corrected chi connectivity index (χ3v) is 3.00. The van der Waals surface area contributed by atoms with Gasteiger partial charge in [-0.2, -0.15) is 0 Å². The van der Waals surface area contributed by atoms with Gasteiger partial charge in [0.2, 0.25) is 0 Å². The van der Waals surface area contributed by atoms with Crippen LogP contribution in [-0.2, 0) is 11.2 Å². The van der Waals surface area contributed by atoms with Gasteiger partial charge in [0.25, 0.3) is 0 Å². The van der Waals surface area contributed by atoms with Crippen LogP contribution < -0.4 is 0 Å². The van der Waals surface area contributed by atoms with Crippen LogP contribution in [0.3, 0.4) is 0 Å². The summed E-state index contributed by atoms with van der Waals surface area (Å²) in [6.07, 6.45) is 5.11. The van der Waals surface area contributed by atoms with E-state index >= 15 is 0 Å². The number of nitrogens with one attached hydrogen (secondary N) is 1. The lowest BCUT2D eigenvalue weighted by atomic mass is 9.94. The molecule has 0 saturated heterocycles. The average Bonchev–Trinajstić information content (AvgIpc) is 2.89. The van der Waals surface area contributed by atoms with Crippen molar-refractivity contribution in [3.63, 3.8) is 0 Å². The molecule has 2 aromatic rings. The summed E-state index contributed by atoms with van der Waals surface area (Å²) in [5, 5.41) is 8.95. The molecule has 1 atom stereocenters. The summed E-state index contributed by atoms with van der Waals surface area (Å²) < 4.78 is 0. The maximum absolute atomic E-state index is 10.9. The van der Waals surface area contributed by atoms with Crippen molar-refractivity contribution in [2.75, 3.05) is 0 Å². The van der Waals surface area contributed by atoms with Crippen molar-refractivity contribution in [1.29, 1.82) is 0 Å². The van der Waals surface area contributed by atoms with Crippen LogP contribution in [0.25, 0.3) is 0 Å². The maximum Gasteiger partial charge on any atom is 0.304 e. The molecule has 0 saturated carbocycles. The molecule has 0 spiro atoms. The molecule has 2 N–H and O–H groups in total. The van der Waals surface area contributed by atoms with Crippen LogP contribution >= 0.6 is 0 Å². The van der Waals surface area contributed by atoms with Crippen molar-refractivity contribution < 1.29 is 9.90 Å². The van der Waals surface area contributed by atoms with E-state index in [2.05, 4.69) is 22.1 Å². The van der Waals surface area contributed by atoms with E-state index in [9.17, 15) is 4.79 Å². The van der Waals surface area contributed by atoms with Gasteiger partial charge in [-0.1, -0.05) is 30.3 Å². The lowest BCUT2D eigenvalue weighted by molar-refractivity contribution is -0.137. The topological polar surface area (TPSA) is 66.0 Å². The number of hydrogen-bond acceptors (Lipinski definition) is 2. The molecule has 18 heavy (non-hydrogen) atoms. The molecule has 0 radical (unpaired) electrons. The van der Waals surface area contributed by atoms with Gasteiger partial charge in [0.15, 0.2) is 0 Å². The first-order valence-corrected chi connectivity index (χ1v) is 5.99. The van der Waals surface area contributed by atoms with Gasteiger partial charge in [-0.05, 0) is 18.4 Å². The number of aromatic nitrogens is 2. The molecule has 4 nitrogen and oxygen atoms in total. The van der Waals surface area contributed by atoms with Gasteiger partial charge in [-0.15, -0.1) is 0 Å². The number of imidazole rings is 1. The Bertz CT molecular complexity index is 480. The van der Waals surface area contributed by atoms with E-state index in [0.717, 1.165) is 18.5 Å². The minimum atomic E-state index is -0.775. The summed E-state index contributed by atoms with van der Waals surface area (Å²) in [5.41, 5.74) is 2.13. The highest BCUT2D eigenvalue weighted by atomic mass is 16.4. The smallest absolute Gasteiger partial charge is 0.304 e. The average molecular weight is 244 g/mol. The minimum Gasteiger partial charge on any atom is -0.481 e. The number of aryl methyl sites for hydroxylation is 1. The van der Waals surface area contributed by atoms with Crippen molar-refractivity contribution in [2.45, 2.75) is 25.2 Å². The molecular weight excluding hydrogens is 228 g/mol. The fourth-order valence-corrected chi connectivity index (χ4v) is 2.05. The summed E-state index contributed by atoms with van der Waals surface area (Å²) in [6.45, 7) is 0. The number of rotatable bonds is 6. The lowest BCUT2D eigenvalue weighted by Gasteiger charge is -2.12. The Morgan fingerprint density at radius 3 is 2.72 bits per heavy atom. The number of benzene rings is 1. The molecule has 1 aromatic carbocycles. The summed E-state index contributed by atoms with van der Waals surface area (Å²) in [5.74, 6) is -0.784. The zero-order chi connectivity index (χ0) is 12.8. The zero-order valence-electron chi connectivity index (χ0n) is 10.0. The van der Waals surface area contributed by atoms with E-state index in [-0.39, 0.29) is 12.3 Å². The maximum atomic E-state index is 10.9. The Morgan fingerprint density at radius 1 is 1.33 bits per heavy atom. The Kier molecular flexibility index (Phi) is 4.12. The van der Waals surface area contributed by atoms with Crippen molar-refractivity contribution >= 4 is 5.97 Å². The largest absolute Gasteiger partial charge is 0.481 e. The van der Waals surface area contributed by atoms with Crippen LogP contribution in [0.2, 0.25) is 0 Å². The molecule has 1 unspecified atom stereocenters. The molecule has 1 heterocycles. The number of nitrogens with zero attached hydrogens (tertiary/aromatic N) is 1. The Labute approximate surface area is 106 Å². The number of aromatic amines is 1. The molecule has 94 valence electrons. The lowest BCUT2D eigenvalue weighted by Crippen LogP contribution is -2.08. The Balaban J connectivity index is 2.00. The van der Waals surface area contributed by atoms with Crippen LogP contribution in [0, 0.1) is 0 Å². The third-order valence-electron chi connectivity index (χ3n) is 3.00. The molecule has 0 aliphatic rings. The number of carboxylic acid groups (broad SMARTS) is 1. The predicted molar refractivity (Wildman–Crippen MR) is 68.3 cm³/mol. The molecular formula is C14H16N2O2. The van der Waals surface area contributed by atoms with Gasteiger partial charge in [-0.3, -0.25) is 4.79 Å². The molecule has 1 aromatic heterocycles. The fourth-order valence-electron chi connectivity index (χ4n) is 2.05. The first-order valence-electron chi connectivity index (χ1n) is 5.99. The molecule has 4 heteroatoms. The standard InChI is InChI=1S/C14H16N2O2/c17-14(18)8-12(13-9-15-10-16-13)7-6-11-4-2-1-3-5-11/h1-5,9-10,12H,6-8H2,(H,15,16)(H,17,18). The van der Waals surface area contributed by atoms with Gasteiger partial charge in [0.05, 0.1) is 12.7 Å². The van der Waals surface area contributed by atoms with E-state index in [1.165, 1.54) is 5.56 Å². The second kappa shape index (κ2) is 6.00. The first-order chi connectivity index (χ1) is 8.75. The van der Waals surface area contributed by atoms with Gasteiger partial charge in [0.1, 0.15) is 0 Å². The van der Waals surface area contributed by atoms with Crippen LogP contribution in [0.1, 0.15) is 30.0 Å². The van der Waals surface area contributed by atoms with E-state index in [0.29, 0.717) is 0 Å². The normalized spacial score (nSPS) is 12.2. The monoisotopic (exact) mass is 244 g/mol. The summed E-state index contributed by atoms with van der Waals surface area (Å²) in [6, 6.07) is 10.1. The number of H-pyrrole nitrogens is 1. The second-order valence-electron chi connectivity index (χ2n) is 4.33. The Hall–Kier alpha value is -2.10. The molecule has 0 fully saturated rings. The van der Waals surface area contributed by atoms with Crippen molar-refractivity contribution in [3.05, 3.63) is 54.1 Å². The van der Waals surface area contributed by atoms with Crippen LogP contribution in [0.4, 0.5) is 0 Å². The van der Waals surface area contributed by atoms with E-state index in [1.54, 1.807) is 12.5 Å². The van der Waals surface area contributed by atoms with Crippen molar-refractivity contribution in [1.82, 2.24) is 9.97 Å². The highest BCUT2D eigenvalue weighted by molar-refractivity contribution is 5.67. The van der Waals surface area contributed by atoms with E-state index in [4.69, 9.17) is 5.11 Å². The fraction of sp³-hybridized carbons (Fsp3) is 0.286. The van der Waals surface area contributed by atoms with Crippen molar-refractivity contribution in [3.8, 4) is 0 Å². The van der Waals surface area contributed by atoms with E-state index in [1.807, 2.05) is 18.2 Å². The quantitative estimate of drug-likeness (QED) is 0.820. The van der Waals surface area contributed by atoms with Gasteiger partial charge in [0, 0.05) is 17.8 Å². The minimum absolute atomic E-state index is 0.00907. The Morgan fingerprint density at radius 2 is 2.11 bits per heavy atom. The number of carbonyl (C=O) groups is 1. The predicted octanol–water partition coefficient (Wildman–Crippen LogP) is 2.60. The number of hydrogen-bond donors (Lipinski definition) is 2. The zero-order valence-corrected chi connectivity index (χ0v) is 10.0. The highest BCUT2D eigenvalue weighted by Crippen LogP contribution is 2.23. The molecule has 0 aliphatic carbocycles. The summed E-state index contributed by atoms with van der Waals surface area (Å²) >= 11 is 0. The number of carboxylic acids is 1. The summed E-state index contributed by atoms with van der Waals surface area (Å²) in [7, 11) is 0. The molecule has 0 aliphatic heterocycles. The van der Waals surface area contributed by atoms with Gasteiger partial charge >= 0.3 is 5.97 Å². The van der Waals surface area contributed by atoms with Gasteiger partial charge in [-0.25, -0.2) is 4.98 Å². The molecule has 0 bridgehead atoms. The van der Waals surface area contributed by atoms with Crippen molar-refractivity contribution in [2.24, 2.45) is 0 Å². The second-order valence-corrected chi connectivity index (χ2v) is 4.33. The van der Waals surface area contributed by atoms with E-state index < -0.39 is 5.97 Å². The highest BCUT2D eigenvalue weighted by Gasteiger charge is 2.16. The van der Waals surface area contributed by atoms with Gasteiger partial charge < -0.3 is 10.1 Å². The number of aliphatic carboxylic acids is 1. The third kappa shape index (κ3) is 3.45. The van der Waals surface area contributed by atoms with Crippen LogP contribution in [0.15, 0.2) is 42.9 Å². The SMILES string of the molecule is O=C(O)CC(CCc1ccccc1)c1cnc[nH]1. The van der Waals surface area contributed by atoms with Crippen LogP contribution in [-0.4, -0.2) is 21.0 Å². The molecule has 2 rings (SSSR count). The molecule has 0 amide bonds. The van der Waals surface area contributed by atoms with Crippen LogP contribution in [0.5, 0.6) is 0 Å². The first kappa shape index (κ1) is 12.4. The summed E-state index contributed by atoms with van der Waals surface area (Å²) in [4.78, 5) is 17.8.